The van der Waals surface area contributed by atoms with E-state index in [4.69, 9.17) is 10.5 Å². The number of aliphatic hydroxyl groups is 3. The molecule has 0 aromatic heterocycles. The van der Waals surface area contributed by atoms with Crippen molar-refractivity contribution in [3.05, 3.63) is 80.1 Å². The number of aryl methyl sites for hydroxylation is 1. The van der Waals surface area contributed by atoms with E-state index in [2.05, 4.69) is 5.32 Å². The lowest BCUT2D eigenvalue weighted by Crippen LogP contribution is -2.71. The lowest BCUT2D eigenvalue weighted by atomic mass is 9.54. The molecule has 0 aliphatic heterocycles. The number of phenols is 1. The second-order valence-corrected chi connectivity index (χ2v) is 11.6. The number of nitro groups is 1. The number of aliphatic hydroxyl groups excluding tert-OH is 2. The minimum atomic E-state index is -3.13. The van der Waals surface area contributed by atoms with E-state index < -0.39 is 98.1 Å². The highest BCUT2D eigenvalue weighted by molar-refractivity contribution is 6.24. The number of aromatic hydroxyl groups is 1. The van der Waals surface area contributed by atoms with Gasteiger partial charge in [0.1, 0.15) is 34.6 Å². The summed E-state index contributed by atoms with van der Waals surface area (Å²) in [5.74, 6) is -10.3. The van der Waals surface area contributed by atoms with Gasteiger partial charge in [-0.25, -0.2) is 4.79 Å². The Bertz CT molecular complexity index is 1760. The molecule has 0 bridgehead atoms. The number of primary amides is 1. The first-order chi connectivity index (χ1) is 21.0. The van der Waals surface area contributed by atoms with Crippen LogP contribution < -0.4 is 11.1 Å². The molecule has 5 rings (SSSR count). The number of phenolic OH excluding ortho intramolecular Hbond substituents is 1. The maximum absolute atomic E-state index is 14.3. The zero-order valence-electron chi connectivity index (χ0n) is 24.5. The van der Waals surface area contributed by atoms with Gasteiger partial charge in [0, 0.05) is 17.6 Å². The second-order valence-electron chi connectivity index (χ2n) is 11.6. The minimum Gasteiger partial charge on any atom is -0.508 e. The van der Waals surface area contributed by atoms with Gasteiger partial charge in [0.2, 0.25) is 5.78 Å². The number of carbonyl (C=O) groups is 4. The molecular formula is C30H30N4O11. The molecule has 1 fully saturated rings. The second kappa shape index (κ2) is 10.7. The quantitative estimate of drug-likeness (QED) is 0.159. The monoisotopic (exact) mass is 622 g/mol. The van der Waals surface area contributed by atoms with Gasteiger partial charge in [-0.05, 0) is 50.2 Å². The Labute approximate surface area is 255 Å². The lowest BCUT2D eigenvalue weighted by Gasteiger charge is -2.54. The van der Waals surface area contributed by atoms with Gasteiger partial charge < -0.3 is 30.9 Å². The van der Waals surface area contributed by atoms with Gasteiger partial charge in [-0.2, -0.15) is 0 Å². The molecule has 15 nitrogen and oxygen atoms in total. The molecule has 0 radical (unpaired) electrons. The number of rotatable bonds is 5. The fourth-order valence-corrected chi connectivity index (χ4v) is 6.85. The molecule has 0 spiro atoms. The average Bonchev–Trinajstić information content (AvgIpc) is 2.95. The van der Waals surface area contributed by atoms with E-state index >= 15 is 0 Å². The third-order valence-corrected chi connectivity index (χ3v) is 8.80. The van der Waals surface area contributed by atoms with Gasteiger partial charge in [-0.1, -0.05) is 25.1 Å². The number of hydrogen-bond acceptors (Lipinski definition) is 12. The van der Waals surface area contributed by atoms with E-state index in [0.29, 0.717) is 11.1 Å². The van der Waals surface area contributed by atoms with E-state index in [1.807, 2.05) is 0 Å². The molecule has 6 atom stereocenters. The number of benzene rings is 2. The lowest BCUT2D eigenvalue weighted by molar-refractivity contribution is -0.384. The van der Waals surface area contributed by atoms with Crippen LogP contribution in [-0.4, -0.2) is 85.7 Å². The topological polar surface area (TPSA) is 243 Å². The molecule has 1 saturated carbocycles. The molecule has 0 heterocycles. The molecule has 2 amide bonds. The first kappa shape index (κ1) is 31.2. The number of amides is 2. The standard InChI is InChI=1S/C30H30N4O11/c1-11-8-9-14(15(10-11)34(43)44)32-29(41)45-25-17-12(2)13-6-5-7-16(35)18(13)23(36)19(17)26(38)30(42)21(25)22(33(3)4)24(37)20(27(30)39)28(31)40/h5-10,12,17,21-22,25,35-36,39,42H,1-4H3,(H2,31,40)(H,32,41)/t12-,17+,21+,22-,25-,30-/m0/s1. The van der Waals surface area contributed by atoms with Crippen molar-refractivity contribution in [2.24, 2.45) is 17.6 Å². The molecular weight excluding hydrogens is 592 g/mol. The van der Waals surface area contributed by atoms with Crippen LogP contribution in [0.15, 0.2) is 53.3 Å². The minimum absolute atomic E-state index is 0.139. The maximum atomic E-state index is 14.3. The first-order valence-corrected chi connectivity index (χ1v) is 13.7. The summed E-state index contributed by atoms with van der Waals surface area (Å²) in [7, 11) is 2.78. The van der Waals surface area contributed by atoms with Crippen molar-refractivity contribution in [1.82, 2.24) is 4.90 Å². The van der Waals surface area contributed by atoms with Gasteiger partial charge in [-0.15, -0.1) is 0 Å². The summed E-state index contributed by atoms with van der Waals surface area (Å²) < 4.78 is 5.83. The normalized spacial score (nSPS) is 27.5. The highest BCUT2D eigenvalue weighted by atomic mass is 16.6. The number of fused-ring (bicyclic) bond motifs is 3. The van der Waals surface area contributed by atoms with E-state index in [1.165, 1.54) is 49.3 Å². The van der Waals surface area contributed by atoms with E-state index in [9.17, 15) is 49.7 Å². The number of likely N-dealkylation sites (N-methyl/N-ethyl adjacent to an activating group) is 1. The molecule has 0 unspecified atom stereocenters. The van der Waals surface area contributed by atoms with Crippen molar-refractivity contribution in [2.45, 2.75) is 37.5 Å². The summed E-state index contributed by atoms with van der Waals surface area (Å²) in [4.78, 5) is 65.9. The number of hydrogen-bond donors (Lipinski definition) is 6. The fraction of sp³-hybridized carbons (Fsp3) is 0.333. The summed E-state index contributed by atoms with van der Waals surface area (Å²) in [6.45, 7) is 3.21. The first-order valence-electron chi connectivity index (χ1n) is 13.7. The summed E-state index contributed by atoms with van der Waals surface area (Å²) >= 11 is 0. The number of nitro benzene ring substituents is 1. The van der Waals surface area contributed by atoms with Crippen LogP contribution in [0, 0.1) is 28.9 Å². The third kappa shape index (κ3) is 4.50. The number of nitrogens with two attached hydrogens (primary N) is 1. The molecule has 236 valence electrons. The number of nitrogens with zero attached hydrogens (tertiary/aromatic N) is 2. The number of Topliss-reactive ketones (excluding diaryl/α,β-unsaturated/α-hetero) is 2. The molecule has 2 aromatic carbocycles. The van der Waals surface area contributed by atoms with Gasteiger partial charge in [-0.3, -0.25) is 34.7 Å². The Morgan fingerprint density at radius 2 is 1.80 bits per heavy atom. The van der Waals surface area contributed by atoms with Crippen LogP contribution >= 0.6 is 0 Å². The molecule has 45 heavy (non-hydrogen) atoms. The Morgan fingerprint density at radius 3 is 2.40 bits per heavy atom. The van der Waals surface area contributed by atoms with Crippen molar-refractivity contribution in [3.63, 3.8) is 0 Å². The molecule has 3 aliphatic carbocycles. The zero-order chi connectivity index (χ0) is 33.3. The maximum Gasteiger partial charge on any atom is 0.412 e. The third-order valence-electron chi connectivity index (χ3n) is 8.80. The van der Waals surface area contributed by atoms with E-state index in [0.717, 1.165) is 0 Å². The SMILES string of the molecule is Cc1ccc(NC(=O)O[C@H]2[C@H]3C(=C(O)c4c(O)cccc4[C@@H]3C)C(=O)[C@]3(O)C(O)=C(C(N)=O)C(=O)[C@@H](N(C)C)[C@H]23)c([N+](=O)[O-])c1. The summed E-state index contributed by atoms with van der Waals surface area (Å²) in [5, 5.41) is 59.3. The van der Waals surface area contributed by atoms with Crippen LogP contribution in [0.4, 0.5) is 16.2 Å². The summed E-state index contributed by atoms with van der Waals surface area (Å²) in [5.41, 5.74) is 0.688. The Morgan fingerprint density at radius 1 is 1.13 bits per heavy atom. The number of nitrogens with one attached hydrogen (secondary N) is 1. The van der Waals surface area contributed by atoms with Crippen LogP contribution in [0.25, 0.3) is 5.76 Å². The van der Waals surface area contributed by atoms with Crippen LogP contribution in [0.1, 0.15) is 29.5 Å². The smallest absolute Gasteiger partial charge is 0.412 e. The Hall–Kier alpha value is -5.28. The highest BCUT2D eigenvalue weighted by Crippen LogP contribution is 2.57. The van der Waals surface area contributed by atoms with Crippen LogP contribution in [0.3, 0.4) is 0 Å². The van der Waals surface area contributed by atoms with Crippen LogP contribution in [0.2, 0.25) is 0 Å². The van der Waals surface area contributed by atoms with E-state index in [1.54, 1.807) is 19.9 Å². The summed E-state index contributed by atoms with van der Waals surface area (Å²) in [6.07, 6.45) is -2.99. The van der Waals surface area contributed by atoms with Crippen molar-refractivity contribution < 1.29 is 49.3 Å². The van der Waals surface area contributed by atoms with Gasteiger partial charge >= 0.3 is 6.09 Å². The van der Waals surface area contributed by atoms with Crippen LogP contribution in [0.5, 0.6) is 5.75 Å². The molecule has 7 N–H and O–H groups in total. The van der Waals surface area contributed by atoms with Gasteiger partial charge in [0.05, 0.1) is 22.4 Å². The Kier molecular flexibility index (Phi) is 7.41. The van der Waals surface area contributed by atoms with E-state index in [-0.39, 0.29) is 11.3 Å². The predicted octanol–water partition coefficient (Wildman–Crippen LogP) is 1.97. The molecule has 0 saturated heterocycles. The highest BCUT2D eigenvalue weighted by Gasteiger charge is 2.69. The Balaban J connectivity index is 1.75. The van der Waals surface area contributed by atoms with Crippen LogP contribution in [-0.2, 0) is 19.1 Å². The van der Waals surface area contributed by atoms with Crippen molar-refractivity contribution in [3.8, 4) is 5.75 Å². The van der Waals surface area contributed by atoms with Crippen molar-refractivity contribution in [2.75, 3.05) is 19.4 Å². The number of carbonyl (C=O) groups excluding carboxylic acids is 4. The van der Waals surface area contributed by atoms with Crippen molar-refractivity contribution in [1.29, 1.82) is 0 Å². The largest absolute Gasteiger partial charge is 0.508 e. The molecule has 3 aliphatic rings. The molecule has 2 aromatic rings. The van der Waals surface area contributed by atoms with Crippen molar-refractivity contribution >= 4 is 40.7 Å². The number of ketones is 2. The zero-order valence-corrected chi connectivity index (χ0v) is 24.5. The summed E-state index contributed by atoms with van der Waals surface area (Å²) in [6, 6.07) is 6.72. The number of ether oxygens (including phenoxy) is 1. The van der Waals surface area contributed by atoms with Gasteiger partial charge in [0.15, 0.2) is 11.4 Å². The molecule has 15 heteroatoms. The van der Waals surface area contributed by atoms with Gasteiger partial charge in [0.25, 0.3) is 11.6 Å². The average molecular weight is 623 g/mol. The number of anilines is 1. The fourth-order valence-electron chi connectivity index (χ4n) is 6.85. The predicted molar refractivity (Wildman–Crippen MR) is 156 cm³/mol.